The molecule has 7 heteroatoms. The van der Waals surface area contributed by atoms with Crippen molar-refractivity contribution in [1.82, 2.24) is 9.88 Å². The predicted octanol–water partition coefficient (Wildman–Crippen LogP) is 2.98. The third-order valence-corrected chi connectivity index (χ3v) is 3.48. The van der Waals surface area contributed by atoms with E-state index in [4.69, 9.17) is 5.73 Å². The van der Waals surface area contributed by atoms with Crippen LogP contribution in [0.3, 0.4) is 0 Å². The topological polar surface area (TPSA) is 59.2 Å². The Labute approximate surface area is 138 Å². The molecule has 0 aliphatic heterocycles. The lowest BCUT2D eigenvalue weighted by Crippen LogP contribution is -2.28. The number of pyridine rings is 1. The Kier molecular flexibility index (Phi) is 5.92. The van der Waals surface area contributed by atoms with Crippen molar-refractivity contribution in [3.05, 3.63) is 65.5 Å². The number of hydrogen-bond donors (Lipinski definition) is 1. The normalized spacial score (nSPS) is 11.7. The molecule has 1 amide bonds. The first kappa shape index (κ1) is 17.9. The van der Waals surface area contributed by atoms with Crippen molar-refractivity contribution in [1.29, 1.82) is 0 Å². The highest BCUT2D eigenvalue weighted by atomic mass is 19.4. The highest BCUT2D eigenvalue weighted by Crippen LogP contribution is 2.30. The molecule has 2 rings (SSSR count). The predicted molar refractivity (Wildman–Crippen MR) is 83.6 cm³/mol. The molecular weight excluding hydrogens is 319 g/mol. The third kappa shape index (κ3) is 5.34. The zero-order valence-electron chi connectivity index (χ0n) is 13.0. The monoisotopic (exact) mass is 337 g/mol. The molecule has 1 aromatic heterocycles. The van der Waals surface area contributed by atoms with E-state index in [1.165, 1.54) is 12.1 Å². The average molecular weight is 337 g/mol. The highest BCUT2D eigenvalue weighted by Gasteiger charge is 2.35. The maximum Gasteiger partial charge on any atom is 0.433 e. The molecule has 0 aliphatic rings. The summed E-state index contributed by atoms with van der Waals surface area (Å²) in [5.74, 6) is -0.490. The van der Waals surface area contributed by atoms with Crippen molar-refractivity contribution in [3.63, 3.8) is 0 Å². The number of hydrogen-bond acceptors (Lipinski definition) is 3. The van der Waals surface area contributed by atoms with Crippen LogP contribution in [0.5, 0.6) is 0 Å². The fourth-order valence-corrected chi connectivity index (χ4v) is 2.39. The summed E-state index contributed by atoms with van der Waals surface area (Å²) < 4.78 is 39.3. The van der Waals surface area contributed by atoms with Gasteiger partial charge in [0.25, 0.3) is 0 Å². The Balaban J connectivity index is 2.20. The first-order valence-corrected chi connectivity index (χ1v) is 7.42. The number of carbonyl (C=O) groups is 1. The largest absolute Gasteiger partial charge is 0.433 e. The van der Waals surface area contributed by atoms with Gasteiger partial charge in [-0.25, -0.2) is 0 Å². The lowest BCUT2D eigenvalue weighted by atomic mass is 10.1. The van der Waals surface area contributed by atoms with Crippen molar-refractivity contribution in [3.8, 4) is 0 Å². The summed E-state index contributed by atoms with van der Waals surface area (Å²) in [7, 11) is 0. The summed E-state index contributed by atoms with van der Waals surface area (Å²) in [6.45, 7) is 0.724. The summed E-state index contributed by atoms with van der Waals surface area (Å²) in [6, 6.07) is 12.2. The summed E-state index contributed by atoms with van der Waals surface area (Å²) in [5.41, 5.74) is 5.29. The second-order valence-corrected chi connectivity index (χ2v) is 5.42. The Morgan fingerprint density at radius 1 is 1.08 bits per heavy atom. The molecule has 2 aromatic rings. The second-order valence-electron chi connectivity index (χ2n) is 5.42. The second kappa shape index (κ2) is 7.92. The minimum Gasteiger partial charge on any atom is -0.370 e. The molecule has 0 bridgehead atoms. The van der Waals surface area contributed by atoms with E-state index < -0.39 is 17.8 Å². The number of alkyl halides is 3. The third-order valence-electron chi connectivity index (χ3n) is 3.48. The van der Waals surface area contributed by atoms with Gasteiger partial charge in [0.2, 0.25) is 5.91 Å². The zero-order valence-corrected chi connectivity index (χ0v) is 13.0. The van der Waals surface area contributed by atoms with E-state index in [9.17, 15) is 18.0 Å². The summed E-state index contributed by atoms with van der Waals surface area (Å²) >= 11 is 0. The number of carbonyl (C=O) groups excluding carboxylic acids is 1. The Hall–Kier alpha value is -2.41. The van der Waals surface area contributed by atoms with E-state index in [1.807, 2.05) is 30.3 Å². The smallest absolute Gasteiger partial charge is 0.370 e. The molecule has 24 heavy (non-hydrogen) atoms. The maximum absolute atomic E-state index is 13.1. The summed E-state index contributed by atoms with van der Waals surface area (Å²) in [5, 5.41) is 0. The van der Waals surface area contributed by atoms with Gasteiger partial charge in [-0.05, 0) is 17.2 Å². The molecule has 0 saturated heterocycles. The average Bonchev–Trinajstić information content (AvgIpc) is 2.53. The molecule has 0 atom stereocenters. The van der Waals surface area contributed by atoms with Crippen molar-refractivity contribution in [2.45, 2.75) is 25.7 Å². The van der Waals surface area contributed by atoms with Crippen molar-refractivity contribution in [2.75, 3.05) is 6.54 Å². The number of aromatic nitrogens is 1. The van der Waals surface area contributed by atoms with Crippen LogP contribution < -0.4 is 5.73 Å². The number of amides is 1. The van der Waals surface area contributed by atoms with Gasteiger partial charge in [-0.15, -0.1) is 0 Å². The number of nitrogens with two attached hydrogens (primary N) is 1. The fraction of sp³-hybridized carbons (Fsp3) is 0.294. The van der Waals surface area contributed by atoms with Gasteiger partial charge in [0.05, 0.1) is 0 Å². The highest BCUT2D eigenvalue weighted by molar-refractivity contribution is 5.73. The van der Waals surface area contributed by atoms with E-state index in [2.05, 4.69) is 4.98 Å². The van der Waals surface area contributed by atoms with Crippen molar-refractivity contribution >= 4 is 5.91 Å². The minimum atomic E-state index is -4.52. The Morgan fingerprint density at radius 3 is 2.42 bits per heavy atom. The van der Waals surface area contributed by atoms with Crippen LogP contribution in [0, 0.1) is 0 Å². The maximum atomic E-state index is 13.1. The fourth-order valence-electron chi connectivity index (χ4n) is 2.39. The number of nitrogens with zero attached hydrogens (tertiary/aromatic N) is 2. The van der Waals surface area contributed by atoms with E-state index in [1.54, 1.807) is 4.90 Å². The van der Waals surface area contributed by atoms with Crippen molar-refractivity contribution < 1.29 is 18.0 Å². The van der Waals surface area contributed by atoms with Crippen LogP contribution in [-0.4, -0.2) is 22.3 Å². The van der Waals surface area contributed by atoms with Gasteiger partial charge in [-0.1, -0.05) is 36.4 Å². The molecule has 1 heterocycles. The summed E-state index contributed by atoms with van der Waals surface area (Å²) in [4.78, 5) is 16.3. The van der Waals surface area contributed by atoms with Gasteiger partial charge in [-0.3, -0.25) is 14.7 Å². The van der Waals surface area contributed by atoms with Crippen molar-refractivity contribution in [2.24, 2.45) is 5.73 Å². The first-order valence-electron chi connectivity index (χ1n) is 7.42. The Morgan fingerprint density at radius 2 is 1.79 bits per heavy atom. The molecule has 128 valence electrons. The summed E-state index contributed by atoms with van der Waals surface area (Å²) in [6.07, 6.45) is -3.32. The van der Waals surface area contributed by atoms with Crippen LogP contribution in [0.4, 0.5) is 13.2 Å². The zero-order chi connectivity index (χ0) is 17.6. The van der Waals surface area contributed by atoms with Gasteiger partial charge in [0, 0.05) is 32.3 Å². The van der Waals surface area contributed by atoms with Gasteiger partial charge >= 0.3 is 6.18 Å². The standard InChI is InChI=1S/C17H18F3N3O/c18-17(19,20)16-14(7-4-9-22-16)12-23(10-8-15(21)24)11-13-5-2-1-3-6-13/h1-7,9H,8,10-12H2,(H2,21,24). The molecule has 0 radical (unpaired) electrons. The molecule has 0 fully saturated rings. The SMILES string of the molecule is NC(=O)CCN(Cc1ccccc1)Cc1cccnc1C(F)(F)F. The van der Waals surface area contributed by atoms with E-state index in [-0.39, 0.29) is 25.1 Å². The lowest BCUT2D eigenvalue weighted by molar-refractivity contribution is -0.142. The van der Waals surface area contributed by atoms with Crippen LogP contribution in [0.25, 0.3) is 0 Å². The quantitative estimate of drug-likeness (QED) is 0.845. The van der Waals surface area contributed by atoms with E-state index in [0.29, 0.717) is 6.54 Å². The van der Waals surface area contributed by atoms with Gasteiger partial charge in [0.15, 0.2) is 0 Å². The van der Waals surface area contributed by atoms with Crippen LogP contribution in [0.15, 0.2) is 48.7 Å². The van der Waals surface area contributed by atoms with Gasteiger partial charge in [-0.2, -0.15) is 13.2 Å². The lowest BCUT2D eigenvalue weighted by Gasteiger charge is -2.23. The number of primary amides is 1. The molecular formula is C17H18F3N3O. The van der Waals surface area contributed by atoms with Crippen LogP contribution in [0.1, 0.15) is 23.2 Å². The van der Waals surface area contributed by atoms with E-state index in [0.717, 1.165) is 11.8 Å². The van der Waals surface area contributed by atoms with E-state index >= 15 is 0 Å². The molecule has 0 aliphatic carbocycles. The van der Waals surface area contributed by atoms with Crippen LogP contribution >= 0.6 is 0 Å². The molecule has 0 unspecified atom stereocenters. The minimum absolute atomic E-state index is 0.0326. The number of benzene rings is 1. The number of halogens is 3. The molecule has 4 nitrogen and oxygen atoms in total. The molecule has 0 saturated carbocycles. The van der Waals surface area contributed by atoms with Crippen LogP contribution in [-0.2, 0) is 24.1 Å². The van der Waals surface area contributed by atoms with Gasteiger partial charge in [0.1, 0.15) is 5.69 Å². The molecule has 2 N–H and O–H groups in total. The molecule has 0 spiro atoms. The Bertz CT molecular complexity index is 674. The van der Waals surface area contributed by atoms with Crippen LogP contribution in [0.2, 0.25) is 0 Å². The first-order chi connectivity index (χ1) is 11.4. The van der Waals surface area contributed by atoms with Gasteiger partial charge < -0.3 is 5.73 Å². The number of rotatable bonds is 7. The molecule has 1 aromatic carbocycles.